The Morgan fingerprint density at radius 3 is 1.73 bits per heavy atom. The van der Waals surface area contributed by atoms with Crippen molar-refractivity contribution in [3.8, 4) is 0 Å². The van der Waals surface area contributed by atoms with Crippen molar-refractivity contribution in [3.05, 3.63) is 70.8 Å². The zero-order chi connectivity index (χ0) is 30.3. The van der Waals surface area contributed by atoms with Gasteiger partial charge in [0.1, 0.15) is 0 Å². The van der Waals surface area contributed by atoms with Crippen molar-refractivity contribution in [1.82, 2.24) is 4.90 Å². The first-order chi connectivity index (χ1) is 18.4. The molecule has 2 aromatic rings. The molecular weight excluding hydrogens is 540 g/mol. The number of likely N-dealkylation sites (tertiary alicyclic amines) is 1. The molecular formula is C29H33F6NO4. The van der Waals surface area contributed by atoms with Gasteiger partial charge >= 0.3 is 24.3 Å². The van der Waals surface area contributed by atoms with Crippen LogP contribution in [-0.2, 0) is 27.5 Å². The molecule has 1 fully saturated rings. The Balaban J connectivity index is 2.24. The molecule has 2 N–H and O–H groups in total. The van der Waals surface area contributed by atoms with Crippen LogP contribution in [0.1, 0.15) is 75.3 Å². The average molecular weight is 574 g/mol. The second-order valence-corrected chi connectivity index (χ2v) is 11.1. The number of benzene rings is 2. The first-order valence-corrected chi connectivity index (χ1v) is 12.9. The molecule has 11 heteroatoms. The monoisotopic (exact) mass is 573 g/mol. The third-order valence-corrected chi connectivity index (χ3v) is 8.50. The van der Waals surface area contributed by atoms with E-state index < -0.39 is 58.3 Å². The minimum Gasteiger partial charge on any atom is -0.480 e. The maximum Gasteiger partial charge on any atom is 0.416 e. The normalized spacial score (nSPS) is 22.7. The Morgan fingerprint density at radius 1 is 0.875 bits per heavy atom. The fourth-order valence-electron chi connectivity index (χ4n) is 5.93. The number of aliphatic carboxylic acids is 2. The molecule has 0 aliphatic carbocycles. The van der Waals surface area contributed by atoms with E-state index in [-0.39, 0.29) is 24.4 Å². The van der Waals surface area contributed by atoms with Crippen LogP contribution in [0.4, 0.5) is 26.3 Å². The molecule has 0 saturated carbocycles. The number of carboxylic acid groups (broad SMARTS) is 2. The van der Waals surface area contributed by atoms with Gasteiger partial charge in [0.2, 0.25) is 0 Å². The van der Waals surface area contributed by atoms with E-state index in [2.05, 4.69) is 0 Å². The van der Waals surface area contributed by atoms with Crippen molar-refractivity contribution in [2.45, 2.75) is 70.9 Å². The van der Waals surface area contributed by atoms with Crippen LogP contribution < -0.4 is 0 Å². The Kier molecular flexibility index (Phi) is 8.70. The summed E-state index contributed by atoms with van der Waals surface area (Å²) in [5.74, 6) is -4.05. The minimum atomic E-state index is -4.62. The summed E-state index contributed by atoms with van der Waals surface area (Å²) in [4.78, 5) is 26.8. The fourth-order valence-corrected chi connectivity index (χ4v) is 5.93. The highest BCUT2D eigenvalue weighted by Gasteiger charge is 2.62. The SMILES string of the molecule is CC(C)CC[C@@H](c1ccc(C(F)(F)F)cc1)N1CCC(C(=O)O)(C(=O)O)C(C)[C@@]1(C)c1ccc(C(F)(F)F)cc1. The third kappa shape index (κ3) is 5.70. The van der Waals surface area contributed by atoms with Crippen LogP contribution in [0.5, 0.6) is 0 Å². The number of nitrogens with zero attached hydrogens (tertiary/aromatic N) is 1. The number of halogens is 6. The third-order valence-electron chi connectivity index (χ3n) is 8.50. The standard InChI is InChI=1S/C29H33F6NO4/c1-17(2)5-14-23(19-6-8-21(9-7-19)28(30,31)32)36-16-15-27(24(37)38,25(39)40)18(3)26(36,4)20-10-12-22(13-11-20)29(33,34)35/h6-13,17-18,23H,5,14-16H2,1-4H3,(H,37,38)(H,39,40)/t18?,23-,26-/m0/s1. The molecule has 1 unspecified atom stereocenters. The minimum absolute atomic E-state index is 0.0652. The van der Waals surface area contributed by atoms with Gasteiger partial charge in [-0.05, 0) is 67.5 Å². The van der Waals surface area contributed by atoms with Crippen molar-refractivity contribution < 1.29 is 46.1 Å². The summed E-state index contributed by atoms with van der Waals surface area (Å²) in [5, 5.41) is 20.3. The van der Waals surface area contributed by atoms with Gasteiger partial charge < -0.3 is 10.2 Å². The first kappa shape index (κ1) is 31.4. The van der Waals surface area contributed by atoms with Gasteiger partial charge in [-0.3, -0.25) is 14.5 Å². The topological polar surface area (TPSA) is 77.8 Å². The number of piperidine rings is 1. The molecule has 0 spiro atoms. The summed E-state index contributed by atoms with van der Waals surface area (Å²) >= 11 is 0. The number of alkyl halides is 6. The average Bonchev–Trinajstić information content (AvgIpc) is 2.85. The number of rotatable bonds is 8. The van der Waals surface area contributed by atoms with Crippen LogP contribution >= 0.6 is 0 Å². The summed E-state index contributed by atoms with van der Waals surface area (Å²) in [6.07, 6.45) is -8.39. The lowest BCUT2D eigenvalue weighted by atomic mass is 9.59. The van der Waals surface area contributed by atoms with Crippen molar-refractivity contribution in [1.29, 1.82) is 0 Å². The molecule has 0 radical (unpaired) electrons. The summed E-state index contributed by atoms with van der Waals surface area (Å²) in [5.41, 5.74) is -4.62. The summed E-state index contributed by atoms with van der Waals surface area (Å²) < 4.78 is 79.9. The van der Waals surface area contributed by atoms with E-state index in [4.69, 9.17) is 0 Å². The first-order valence-electron chi connectivity index (χ1n) is 12.9. The molecule has 3 rings (SSSR count). The summed E-state index contributed by atoms with van der Waals surface area (Å²) in [6.45, 7) is 6.93. The molecule has 1 saturated heterocycles. The van der Waals surface area contributed by atoms with Crippen molar-refractivity contribution >= 4 is 11.9 Å². The van der Waals surface area contributed by atoms with Gasteiger partial charge in [0.25, 0.3) is 0 Å². The lowest BCUT2D eigenvalue weighted by Gasteiger charge is -2.57. The highest BCUT2D eigenvalue weighted by Crippen LogP contribution is 2.54. The molecule has 5 nitrogen and oxygen atoms in total. The largest absolute Gasteiger partial charge is 0.480 e. The van der Waals surface area contributed by atoms with E-state index >= 15 is 0 Å². The Morgan fingerprint density at radius 2 is 1.32 bits per heavy atom. The van der Waals surface area contributed by atoms with E-state index in [9.17, 15) is 46.1 Å². The molecule has 220 valence electrons. The molecule has 0 bridgehead atoms. The van der Waals surface area contributed by atoms with Crippen molar-refractivity contribution in [2.75, 3.05) is 6.54 Å². The van der Waals surface area contributed by atoms with Crippen LogP contribution in [0.15, 0.2) is 48.5 Å². The van der Waals surface area contributed by atoms with E-state index in [0.29, 0.717) is 18.4 Å². The summed E-state index contributed by atoms with van der Waals surface area (Å²) in [7, 11) is 0. The Bertz CT molecular complexity index is 1190. The maximum atomic E-state index is 13.3. The zero-order valence-corrected chi connectivity index (χ0v) is 22.6. The molecule has 0 amide bonds. The molecule has 0 aromatic heterocycles. The number of hydrogen-bond acceptors (Lipinski definition) is 3. The van der Waals surface area contributed by atoms with E-state index in [1.54, 1.807) is 6.92 Å². The molecule has 40 heavy (non-hydrogen) atoms. The maximum absolute atomic E-state index is 13.3. The van der Waals surface area contributed by atoms with Gasteiger partial charge in [0.15, 0.2) is 5.41 Å². The van der Waals surface area contributed by atoms with Crippen molar-refractivity contribution in [2.24, 2.45) is 17.3 Å². The van der Waals surface area contributed by atoms with Crippen LogP contribution in [0.3, 0.4) is 0 Å². The van der Waals surface area contributed by atoms with Crippen molar-refractivity contribution in [3.63, 3.8) is 0 Å². The fraction of sp³-hybridized carbons (Fsp3) is 0.517. The second-order valence-electron chi connectivity index (χ2n) is 11.1. The second kappa shape index (κ2) is 11.1. The van der Waals surface area contributed by atoms with E-state index in [0.717, 1.165) is 24.3 Å². The van der Waals surface area contributed by atoms with E-state index in [1.807, 2.05) is 18.7 Å². The zero-order valence-electron chi connectivity index (χ0n) is 22.6. The Labute approximate surface area is 228 Å². The predicted molar refractivity (Wildman–Crippen MR) is 135 cm³/mol. The predicted octanol–water partition coefficient (Wildman–Crippen LogP) is 7.61. The molecule has 3 atom stereocenters. The molecule has 1 aliphatic rings. The lowest BCUT2D eigenvalue weighted by molar-refractivity contribution is -0.186. The van der Waals surface area contributed by atoms with Gasteiger partial charge in [-0.1, -0.05) is 45.0 Å². The summed E-state index contributed by atoms with van der Waals surface area (Å²) in [6, 6.07) is 8.22. The number of carbonyl (C=O) groups is 2. The number of hydrogen-bond donors (Lipinski definition) is 2. The molecule has 1 heterocycles. The Hall–Kier alpha value is -3.08. The molecule has 1 aliphatic heterocycles. The van der Waals surface area contributed by atoms with Gasteiger partial charge in [-0.25, -0.2) is 0 Å². The van der Waals surface area contributed by atoms with Gasteiger partial charge in [0.05, 0.1) is 11.1 Å². The van der Waals surface area contributed by atoms with Gasteiger partial charge in [0, 0.05) is 24.0 Å². The van der Waals surface area contributed by atoms with Gasteiger partial charge in [-0.15, -0.1) is 0 Å². The number of carboxylic acids is 2. The molecule has 2 aromatic carbocycles. The van der Waals surface area contributed by atoms with Crippen LogP contribution in [0.25, 0.3) is 0 Å². The van der Waals surface area contributed by atoms with Gasteiger partial charge in [-0.2, -0.15) is 26.3 Å². The highest BCUT2D eigenvalue weighted by atomic mass is 19.4. The highest BCUT2D eigenvalue weighted by molar-refractivity contribution is 5.99. The van der Waals surface area contributed by atoms with Crippen LogP contribution in [0, 0.1) is 17.3 Å². The quantitative estimate of drug-likeness (QED) is 0.251. The van der Waals surface area contributed by atoms with E-state index in [1.165, 1.54) is 31.2 Å². The van der Waals surface area contributed by atoms with Crippen LogP contribution in [0.2, 0.25) is 0 Å². The smallest absolute Gasteiger partial charge is 0.416 e. The van der Waals surface area contributed by atoms with Crippen LogP contribution in [-0.4, -0.2) is 33.6 Å². The lowest BCUT2D eigenvalue weighted by Crippen LogP contribution is -2.64.